The van der Waals surface area contributed by atoms with Gasteiger partial charge < -0.3 is 10.1 Å². The Morgan fingerprint density at radius 1 is 1.35 bits per heavy atom. The lowest BCUT2D eigenvalue weighted by molar-refractivity contribution is 0.0443. The quantitative estimate of drug-likeness (QED) is 0.853. The Labute approximate surface area is 104 Å². The smallest absolute Gasteiger partial charge is 0.0590 e. The van der Waals surface area contributed by atoms with E-state index in [0.717, 1.165) is 32.8 Å². The van der Waals surface area contributed by atoms with Crippen LogP contribution < -0.4 is 5.32 Å². The van der Waals surface area contributed by atoms with Gasteiger partial charge in [-0.15, -0.1) is 0 Å². The van der Waals surface area contributed by atoms with Crippen LogP contribution in [0.4, 0.5) is 0 Å². The molecule has 0 aromatic heterocycles. The number of ether oxygens (including phenoxy) is 1. The molecule has 0 amide bonds. The molecule has 1 aromatic carbocycles. The Bertz CT molecular complexity index is 341. The minimum absolute atomic E-state index is 0.0814. The zero-order chi connectivity index (χ0) is 12.1. The molecule has 1 unspecified atom stereocenters. The lowest BCUT2D eigenvalue weighted by atomic mass is 9.88. The van der Waals surface area contributed by atoms with Crippen LogP contribution >= 0.6 is 0 Å². The van der Waals surface area contributed by atoms with E-state index in [4.69, 9.17) is 4.74 Å². The van der Waals surface area contributed by atoms with Gasteiger partial charge in [0.1, 0.15) is 0 Å². The Balaban J connectivity index is 2.19. The average molecular weight is 234 g/mol. The highest BCUT2D eigenvalue weighted by molar-refractivity contribution is 5.25. The first-order valence-electron chi connectivity index (χ1n) is 6.27. The summed E-state index contributed by atoms with van der Waals surface area (Å²) < 4.78 is 5.21. The van der Waals surface area contributed by atoms with E-state index in [2.05, 4.69) is 47.5 Å². The van der Waals surface area contributed by atoms with E-state index in [1.54, 1.807) is 7.11 Å². The third-order valence-electron chi connectivity index (χ3n) is 3.69. The molecule has 1 aliphatic rings. The van der Waals surface area contributed by atoms with Crippen molar-refractivity contribution in [3.63, 3.8) is 0 Å². The number of benzene rings is 1. The third kappa shape index (κ3) is 2.68. The summed E-state index contributed by atoms with van der Waals surface area (Å²) in [7, 11) is 1.77. The average Bonchev–Trinajstić information content (AvgIpc) is 2.39. The molecular weight excluding hydrogens is 212 g/mol. The second-order valence-electron chi connectivity index (χ2n) is 4.80. The summed E-state index contributed by atoms with van der Waals surface area (Å²) in [6.45, 7) is 7.23. The Kier molecular flexibility index (Phi) is 4.15. The topological polar surface area (TPSA) is 24.5 Å². The van der Waals surface area contributed by atoms with Crippen molar-refractivity contribution >= 4 is 0 Å². The van der Waals surface area contributed by atoms with Crippen molar-refractivity contribution < 1.29 is 4.74 Å². The molecule has 3 heteroatoms. The number of piperazine rings is 1. The summed E-state index contributed by atoms with van der Waals surface area (Å²) in [4.78, 5) is 2.52. The first-order valence-corrected chi connectivity index (χ1v) is 6.27. The van der Waals surface area contributed by atoms with Crippen LogP contribution in [0.2, 0.25) is 0 Å². The van der Waals surface area contributed by atoms with Crippen LogP contribution in [-0.4, -0.2) is 44.8 Å². The number of nitrogens with zero attached hydrogens (tertiary/aromatic N) is 1. The molecule has 1 heterocycles. The van der Waals surface area contributed by atoms with Crippen LogP contribution in [0.3, 0.4) is 0 Å². The third-order valence-corrected chi connectivity index (χ3v) is 3.69. The van der Waals surface area contributed by atoms with Crippen molar-refractivity contribution in [3.05, 3.63) is 35.9 Å². The van der Waals surface area contributed by atoms with E-state index in [1.807, 2.05) is 0 Å². The van der Waals surface area contributed by atoms with Crippen LogP contribution in [0.25, 0.3) is 0 Å². The minimum Gasteiger partial charge on any atom is -0.383 e. The molecule has 17 heavy (non-hydrogen) atoms. The SMILES string of the molecule is COCCN1CCNCC1(C)c1ccccc1. The lowest BCUT2D eigenvalue weighted by Gasteiger charge is -2.45. The number of methoxy groups -OCH3 is 1. The van der Waals surface area contributed by atoms with Gasteiger partial charge in [0.15, 0.2) is 0 Å². The molecule has 1 aromatic rings. The van der Waals surface area contributed by atoms with Gasteiger partial charge in [-0.2, -0.15) is 0 Å². The predicted molar refractivity (Wildman–Crippen MR) is 70.1 cm³/mol. The van der Waals surface area contributed by atoms with Crippen molar-refractivity contribution in [2.75, 3.05) is 39.9 Å². The normalized spacial score (nSPS) is 26.0. The van der Waals surface area contributed by atoms with Gasteiger partial charge in [-0.25, -0.2) is 0 Å². The Hall–Kier alpha value is -0.900. The van der Waals surface area contributed by atoms with E-state index in [0.29, 0.717) is 0 Å². The maximum Gasteiger partial charge on any atom is 0.0590 e. The number of rotatable bonds is 4. The summed E-state index contributed by atoms with van der Waals surface area (Å²) in [5.41, 5.74) is 1.46. The van der Waals surface area contributed by atoms with E-state index < -0.39 is 0 Å². The van der Waals surface area contributed by atoms with Gasteiger partial charge in [0.05, 0.1) is 12.1 Å². The Morgan fingerprint density at radius 2 is 2.12 bits per heavy atom. The fraction of sp³-hybridized carbons (Fsp3) is 0.571. The van der Waals surface area contributed by atoms with Crippen molar-refractivity contribution in [1.82, 2.24) is 10.2 Å². The second kappa shape index (κ2) is 5.63. The van der Waals surface area contributed by atoms with Crippen molar-refractivity contribution in [2.24, 2.45) is 0 Å². The molecule has 0 radical (unpaired) electrons. The molecule has 0 aliphatic carbocycles. The minimum atomic E-state index is 0.0814. The lowest BCUT2D eigenvalue weighted by Crippen LogP contribution is -2.58. The van der Waals surface area contributed by atoms with E-state index in [1.165, 1.54) is 5.56 Å². The maximum absolute atomic E-state index is 5.21. The molecule has 0 spiro atoms. The molecule has 1 saturated heterocycles. The standard InChI is InChI=1S/C14H22N2O/c1-14(13-6-4-3-5-7-13)12-15-8-9-16(14)10-11-17-2/h3-7,15H,8-12H2,1-2H3. The molecule has 2 rings (SSSR count). The first kappa shape index (κ1) is 12.6. The van der Waals surface area contributed by atoms with Crippen LogP contribution in [-0.2, 0) is 10.3 Å². The van der Waals surface area contributed by atoms with Crippen molar-refractivity contribution in [3.8, 4) is 0 Å². The highest BCUT2D eigenvalue weighted by Gasteiger charge is 2.35. The summed E-state index contributed by atoms with van der Waals surface area (Å²) in [6.07, 6.45) is 0. The maximum atomic E-state index is 5.21. The molecule has 1 N–H and O–H groups in total. The van der Waals surface area contributed by atoms with Gasteiger partial charge >= 0.3 is 0 Å². The van der Waals surface area contributed by atoms with Gasteiger partial charge in [-0.3, -0.25) is 4.90 Å². The van der Waals surface area contributed by atoms with Gasteiger partial charge in [0.25, 0.3) is 0 Å². The first-order chi connectivity index (χ1) is 8.27. The molecule has 1 fully saturated rings. The summed E-state index contributed by atoms with van der Waals surface area (Å²) in [5, 5.41) is 3.50. The van der Waals surface area contributed by atoms with E-state index in [-0.39, 0.29) is 5.54 Å². The summed E-state index contributed by atoms with van der Waals surface area (Å²) in [5.74, 6) is 0. The molecule has 0 saturated carbocycles. The van der Waals surface area contributed by atoms with Crippen LogP contribution in [0.1, 0.15) is 12.5 Å². The van der Waals surface area contributed by atoms with E-state index >= 15 is 0 Å². The van der Waals surface area contributed by atoms with Crippen LogP contribution in [0, 0.1) is 0 Å². The number of hydrogen-bond acceptors (Lipinski definition) is 3. The van der Waals surface area contributed by atoms with Crippen LogP contribution in [0.5, 0.6) is 0 Å². The predicted octanol–water partition coefficient (Wildman–Crippen LogP) is 1.45. The zero-order valence-corrected chi connectivity index (χ0v) is 10.8. The molecule has 1 atom stereocenters. The molecule has 3 nitrogen and oxygen atoms in total. The van der Waals surface area contributed by atoms with E-state index in [9.17, 15) is 0 Å². The summed E-state index contributed by atoms with van der Waals surface area (Å²) in [6, 6.07) is 10.7. The summed E-state index contributed by atoms with van der Waals surface area (Å²) >= 11 is 0. The second-order valence-corrected chi connectivity index (χ2v) is 4.80. The monoisotopic (exact) mass is 234 g/mol. The molecule has 0 bridgehead atoms. The Morgan fingerprint density at radius 3 is 2.82 bits per heavy atom. The fourth-order valence-corrected chi connectivity index (χ4v) is 2.55. The van der Waals surface area contributed by atoms with Gasteiger partial charge in [0.2, 0.25) is 0 Å². The van der Waals surface area contributed by atoms with Crippen LogP contribution in [0.15, 0.2) is 30.3 Å². The van der Waals surface area contributed by atoms with Gasteiger partial charge in [-0.05, 0) is 12.5 Å². The number of hydrogen-bond donors (Lipinski definition) is 1. The molecule has 1 aliphatic heterocycles. The molecule has 94 valence electrons. The van der Waals surface area contributed by atoms with Gasteiger partial charge in [-0.1, -0.05) is 30.3 Å². The van der Waals surface area contributed by atoms with Crippen molar-refractivity contribution in [2.45, 2.75) is 12.5 Å². The number of nitrogens with one attached hydrogen (secondary N) is 1. The highest BCUT2D eigenvalue weighted by Crippen LogP contribution is 2.28. The highest BCUT2D eigenvalue weighted by atomic mass is 16.5. The fourth-order valence-electron chi connectivity index (χ4n) is 2.55. The molecular formula is C14H22N2O. The largest absolute Gasteiger partial charge is 0.383 e. The van der Waals surface area contributed by atoms with Crippen molar-refractivity contribution in [1.29, 1.82) is 0 Å². The zero-order valence-electron chi connectivity index (χ0n) is 10.8. The van der Waals surface area contributed by atoms with Gasteiger partial charge in [0, 0.05) is 33.3 Å².